The average molecular weight is 371 g/mol. The van der Waals surface area contributed by atoms with E-state index in [2.05, 4.69) is 9.98 Å². The van der Waals surface area contributed by atoms with E-state index in [1.54, 1.807) is 11.8 Å². The Balaban J connectivity index is 1.68. The van der Waals surface area contributed by atoms with Gasteiger partial charge in [-0.25, -0.2) is 0 Å². The SMILES string of the molecule is Cn1ccsc1=NC(=O)CCSCCC(=O)N=c1sccn1C. The molecule has 0 aliphatic heterocycles. The first-order valence-electron chi connectivity index (χ1n) is 6.99. The molecule has 2 aromatic rings. The molecule has 23 heavy (non-hydrogen) atoms. The molecule has 0 unspecified atom stereocenters. The van der Waals surface area contributed by atoms with Crippen LogP contribution in [0.4, 0.5) is 0 Å². The maximum absolute atomic E-state index is 11.7. The molecule has 0 radical (unpaired) electrons. The van der Waals surface area contributed by atoms with Crippen molar-refractivity contribution in [3.05, 3.63) is 32.8 Å². The van der Waals surface area contributed by atoms with E-state index in [0.29, 0.717) is 34.0 Å². The van der Waals surface area contributed by atoms with Crippen LogP contribution in [-0.2, 0) is 23.7 Å². The molecule has 2 heterocycles. The first kappa shape index (κ1) is 17.9. The van der Waals surface area contributed by atoms with Gasteiger partial charge in [-0.3, -0.25) is 9.59 Å². The summed E-state index contributed by atoms with van der Waals surface area (Å²) in [4.78, 5) is 33.0. The van der Waals surface area contributed by atoms with E-state index in [4.69, 9.17) is 0 Å². The Labute approximate surface area is 146 Å². The second-order valence-corrected chi connectivity index (χ2v) is 7.69. The lowest BCUT2D eigenvalue weighted by molar-refractivity contribution is -0.118. The Morgan fingerprint density at radius 1 is 0.957 bits per heavy atom. The van der Waals surface area contributed by atoms with E-state index in [-0.39, 0.29) is 11.8 Å². The number of rotatable bonds is 6. The van der Waals surface area contributed by atoms with Gasteiger partial charge in [0.15, 0.2) is 9.60 Å². The quantitative estimate of drug-likeness (QED) is 0.725. The third kappa shape index (κ3) is 5.92. The summed E-state index contributed by atoms with van der Waals surface area (Å²) in [7, 11) is 3.72. The van der Waals surface area contributed by atoms with Crippen molar-refractivity contribution in [3.63, 3.8) is 0 Å². The van der Waals surface area contributed by atoms with E-state index < -0.39 is 0 Å². The van der Waals surface area contributed by atoms with Crippen LogP contribution in [0.15, 0.2) is 33.1 Å². The standard InChI is InChI=1S/C14H18N4O2S3/c1-17-5-9-22-13(17)15-11(19)3-7-21-8-4-12(20)16-14-18(2)6-10-23-14/h5-6,9-10H,3-4,7-8H2,1-2H3. The molecular formula is C14H18N4O2S3. The van der Waals surface area contributed by atoms with E-state index in [1.807, 2.05) is 46.4 Å². The first-order chi connectivity index (χ1) is 11.1. The molecule has 0 aliphatic carbocycles. The molecule has 0 bridgehead atoms. The van der Waals surface area contributed by atoms with Crippen LogP contribution in [0.3, 0.4) is 0 Å². The van der Waals surface area contributed by atoms with E-state index in [9.17, 15) is 9.59 Å². The summed E-state index contributed by atoms with van der Waals surface area (Å²) in [6.45, 7) is 0. The minimum atomic E-state index is -0.128. The Bertz CT molecular complexity index is 731. The molecule has 0 atom stereocenters. The fourth-order valence-electron chi connectivity index (χ4n) is 1.62. The monoisotopic (exact) mass is 370 g/mol. The topological polar surface area (TPSA) is 68.7 Å². The van der Waals surface area contributed by atoms with Gasteiger partial charge >= 0.3 is 0 Å². The molecule has 0 saturated heterocycles. The summed E-state index contributed by atoms with van der Waals surface area (Å²) in [6, 6.07) is 0. The molecule has 2 rings (SSSR count). The van der Waals surface area contributed by atoms with Crippen molar-refractivity contribution in [3.8, 4) is 0 Å². The second kappa shape index (κ2) is 8.99. The van der Waals surface area contributed by atoms with Gasteiger partial charge in [0.25, 0.3) is 0 Å². The summed E-state index contributed by atoms with van der Waals surface area (Å²) >= 11 is 4.45. The molecule has 0 fully saturated rings. The van der Waals surface area contributed by atoms with Gasteiger partial charge in [0, 0.05) is 61.6 Å². The molecule has 6 nitrogen and oxygen atoms in total. The zero-order valence-electron chi connectivity index (χ0n) is 13.0. The van der Waals surface area contributed by atoms with E-state index >= 15 is 0 Å². The Morgan fingerprint density at radius 3 is 1.74 bits per heavy atom. The number of carbonyl (C=O) groups is 2. The summed E-state index contributed by atoms with van der Waals surface area (Å²) in [5.74, 6) is 1.07. The lowest BCUT2D eigenvalue weighted by Gasteiger charge is -1.97. The first-order valence-corrected chi connectivity index (χ1v) is 9.91. The summed E-state index contributed by atoms with van der Waals surface area (Å²) < 4.78 is 3.64. The zero-order chi connectivity index (χ0) is 16.7. The average Bonchev–Trinajstić information content (AvgIpc) is 3.08. The molecule has 0 aromatic carbocycles. The van der Waals surface area contributed by atoms with Crippen molar-refractivity contribution < 1.29 is 9.59 Å². The Kier molecular flexibility index (Phi) is 7.00. The number of thiazole rings is 2. The van der Waals surface area contributed by atoms with Crippen LogP contribution >= 0.6 is 34.4 Å². The molecule has 0 aliphatic rings. The lowest BCUT2D eigenvalue weighted by atomic mass is 10.5. The molecule has 124 valence electrons. The number of nitrogens with zero attached hydrogens (tertiary/aromatic N) is 4. The zero-order valence-corrected chi connectivity index (χ0v) is 15.4. The third-order valence-electron chi connectivity index (χ3n) is 2.88. The smallest absolute Gasteiger partial charge is 0.249 e. The minimum Gasteiger partial charge on any atom is -0.327 e. The molecule has 0 N–H and O–H groups in total. The maximum atomic E-state index is 11.7. The van der Waals surface area contributed by atoms with Crippen LogP contribution in [0.5, 0.6) is 0 Å². The van der Waals surface area contributed by atoms with Gasteiger partial charge in [-0.15, -0.1) is 22.7 Å². The van der Waals surface area contributed by atoms with Crippen molar-refractivity contribution >= 4 is 46.2 Å². The number of aromatic nitrogens is 2. The fraction of sp³-hybridized carbons (Fsp3) is 0.429. The maximum Gasteiger partial charge on any atom is 0.249 e. The van der Waals surface area contributed by atoms with Crippen LogP contribution in [0.25, 0.3) is 0 Å². The van der Waals surface area contributed by atoms with Gasteiger partial charge < -0.3 is 9.13 Å². The van der Waals surface area contributed by atoms with Gasteiger partial charge in [-0.1, -0.05) is 0 Å². The number of hydrogen-bond acceptors (Lipinski definition) is 5. The number of aryl methyl sites for hydroxylation is 2. The van der Waals surface area contributed by atoms with E-state index in [0.717, 1.165) is 0 Å². The molecule has 0 saturated carbocycles. The van der Waals surface area contributed by atoms with Gasteiger partial charge in [0.05, 0.1) is 0 Å². The van der Waals surface area contributed by atoms with Crippen LogP contribution in [-0.4, -0.2) is 32.5 Å². The Hall–Kier alpha value is -1.45. The summed E-state index contributed by atoms with van der Waals surface area (Å²) in [5, 5.41) is 3.78. The predicted octanol–water partition coefficient (Wildman–Crippen LogP) is 1.55. The Morgan fingerprint density at radius 2 is 1.39 bits per heavy atom. The number of thioether (sulfide) groups is 1. The lowest BCUT2D eigenvalue weighted by Crippen LogP contribution is -2.13. The van der Waals surface area contributed by atoms with Crippen LogP contribution < -0.4 is 9.60 Å². The van der Waals surface area contributed by atoms with Gasteiger partial charge in [-0.2, -0.15) is 21.7 Å². The molecule has 2 aromatic heterocycles. The van der Waals surface area contributed by atoms with Gasteiger partial charge in [0.1, 0.15) is 0 Å². The minimum absolute atomic E-state index is 0.128. The number of hydrogen-bond donors (Lipinski definition) is 0. The van der Waals surface area contributed by atoms with Crippen LogP contribution in [0.1, 0.15) is 12.8 Å². The van der Waals surface area contributed by atoms with Crippen molar-refractivity contribution in [1.82, 2.24) is 9.13 Å². The van der Waals surface area contributed by atoms with Crippen molar-refractivity contribution in [1.29, 1.82) is 0 Å². The van der Waals surface area contributed by atoms with Crippen molar-refractivity contribution in [2.75, 3.05) is 11.5 Å². The van der Waals surface area contributed by atoms with Crippen LogP contribution in [0.2, 0.25) is 0 Å². The van der Waals surface area contributed by atoms with E-state index in [1.165, 1.54) is 22.7 Å². The highest BCUT2D eigenvalue weighted by Crippen LogP contribution is 2.06. The van der Waals surface area contributed by atoms with Crippen molar-refractivity contribution in [2.24, 2.45) is 24.1 Å². The molecule has 9 heteroatoms. The fourth-order valence-corrected chi connectivity index (χ4v) is 3.95. The number of amides is 2. The van der Waals surface area contributed by atoms with Crippen LogP contribution in [0, 0.1) is 0 Å². The number of carbonyl (C=O) groups excluding carboxylic acids is 2. The highest BCUT2D eigenvalue weighted by atomic mass is 32.2. The highest BCUT2D eigenvalue weighted by Gasteiger charge is 2.03. The van der Waals surface area contributed by atoms with Gasteiger partial charge in [0.2, 0.25) is 11.8 Å². The summed E-state index contributed by atoms with van der Waals surface area (Å²) in [6.07, 6.45) is 4.50. The third-order valence-corrected chi connectivity index (χ3v) is 5.56. The normalized spacial score (nSPS) is 12.8. The highest BCUT2D eigenvalue weighted by molar-refractivity contribution is 7.99. The second-order valence-electron chi connectivity index (χ2n) is 4.72. The molecule has 0 spiro atoms. The largest absolute Gasteiger partial charge is 0.327 e. The molecular weight excluding hydrogens is 352 g/mol. The van der Waals surface area contributed by atoms with Gasteiger partial charge in [-0.05, 0) is 0 Å². The summed E-state index contributed by atoms with van der Waals surface area (Å²) in [5.41, 5.74) is 0. The van der Waals surface area contributed by atoms with Crippen molar-refractivity contribution in [2.45, 2.75) is 12.8 Å². The predicted molar refractivity (Wildman–Crippen MR) is 94.3 cm³/mol. The molecule has 2 amide bonds.